The van der Waals surface area contributed by atoms with Crippen molar-refractivity contribution in [3.05, 3.63) is 23.9 Å². The summed E-state index contributed by atoms with van der Waals surface area (Å²) >= 11 is 0. The van der Waals surface area contributed by atoms with E-state index < -0.39 is 15.3 Å². The average molecular weight is 351 g/mol. The predicted molar refractivity (Wildman–Crippen MR) is 95.9 cm³/mol. The number of aliphatic imine (C=N–C) groups is 1. The van der Waals surface area contributed by atoms with Gasteiger partial charge in [-0.3, -0.25) is 9.71 Å². The van der Waals surface area contributed by atoms with E-state index >= 15 is 0 Å². The van der Waals surface area contributed by atoms with Crippen molar-refractivity contribution in [3.63, 3.8) is 0 Å². The molecule has 1 spiro atoms. The van der Waals surface area contributed by atoms with Gasteiger partial charge in [0.25, 0.3) is 0 Å². The standard InChI is InChI=1S/C16H25N5O2S/c1-2-18-15(21-12-16(11-19-21)8-3-4-9-16)20-24(22,23)14-7-5-6-13(17)10-14/h5-6,10-11,14H,2-4,7-9,12,17H2,1H3,(H,18,20). The summed E-state index contributed by atoms with van der Waals surface area (Å²) in [6, 6.07) is 0. The van der Waals surface area contributed by atoms with Crippen LogP contribution in [0.2, 0.25) is 0 Å². The molecule has 8 heteroatoms. The summed E-state index contributed by atoms with van der Waals surface area (Å²) in [5, 5.41) is 5.44. The molecule has 3 aliphatic rings. The zero-order chi connectivity index (χ0) is 17.2. The van der Waals surface area contributed by atoms with Crippen molar-refractivity contribution in [1.29, 1.82) is 0 Å². The van der Waals surface area contributed by atoms with E-state index in [0.29, 0.717) is 31.2 Å². The Morgan fingerprint density at radius 1 is 1.50 bits per heavy atom. The van der Waals surface area contributed by atoms with E-state index in [2.05, 4.69) is 14.8 Å². The Kier molecular flexibility index (Phi) is 4.67. The lowest BCUT2D eigenvalue weighted by molar-refractivity contribution is 0.342. The number of hydrogen-bond acceptors (Lipinski definition) is 5. The summed E-state index contributed by atoms with van der Waals surface area (Å²) in [5.41, 5.74) is 6.28. The molecule has 3 rings (SSSR count). The van der Waals surface area contributed by atoms with Gasteiger partial charge >= 0.3 is 0 Å². The molecule has 0 aromatic carbocycles. The SMILES string of the molecule is CCN=C(NS(=O)(=O)C1C=C(N)C=CC1)N1CC2(C=N1)CCCC2. The lowest BCUT2D eigenvalue weighted by Gasteiger charge is -2.25. The first kappa shape index (κ1) is 17.0. The number of allylic oxidation sites excluding steroid dienone is 2. The maximum atomic E-state index is 12.7. The van der Waals surface area contributed by atoms with Gasteiger partial charge in [-0.15, -0.1) is 0 Å². The van der Waals surface area contributed by atoms with Crippen LogP contribution in [-0.2, 0) is 10.0 Å². The van der Waals surface area contributed by atoms with Crippen LogP contribution in [0.4, 0.5) is 0 Å². The minimum absolute atomic E-state index is 0.0812. The van der Waals surface area contributed by atoms with E-state index in [1.165, 1.54) is 12.8 Å². The van der Waals surface area contributed by atoms with Crippen molar-refractivity contribution < 1.29 is 8.42 Å². The van der Waals surface area contributed by atoms with Crippen LogP contribution >= 0.6 is 0 Å². The van der Waals surface area contributed by atoms with Crippen LogP contribution in [0, 0.1) is 5.41 Å². The highest BCUT2D eigenvalue weighted by Gasteiger charge is 2.40. The van der Waals surface area contributed by atoms with E-state index in [4.69, 9.17) is 5.73 Å². The van der Waals surface area contributed by atoms with Gasteiger partial charge in [-0.05, 0) is 38.3 Å². The van der Waals surface area contributed by atoms with Crippen molar-refractivity contribution in [2.75, 3.05) is 13.1 Å². The second-order valence-corrected chi connectivity index (χ2v) is 8.56. The van der Waals surface area contributed by atoms with Gasteiger partial charge in [0.15, 0.2) is 0 Å². The second-order valence-electron chi connectivity index (χ2n) is 6.66. The fourth-order valence-electron chi connectivity index (χ4n) is 3.48. The van der Waals surface area contributed by atoms with Crippen molar-refractivity contribution >= 4 is 22.2 Å². The Morgan fingerprint density at radius 3 is 2.92 bits per heavy atom. The number of guanidine groups is 1. The molecule has 1 fully saturated rings. The van der Waals surface area contributed by atoms with E-state index in [1.807, 2.05) is 13.1 Å². The molecule has 3 N–H and O–H groups in total. The maximum Gasteiger partial charge on any atom is 0.241 e. The highest BCUT2D eigenvalue weighted by molar-refractivity contribution is 7.90. The Hall–Kier alpha value is -1.83. The molecule has 24 heavy (non-hydrogen) atoms. The Morgan fingerprint density at radius 2 is 2.25 bits per heavy atom. The van der Waals surface area contributed by atoms with E-state index in [9.17, 15) is 8.42 Å². The molecule has 7 nitrogen and oxygen atoms in total. The molecule has 0 aromatic heterocycles. The fraction of sp³-hybridized carbons (Fsp3) is 0.625. The first-order chi connectivity index (χ1) is 11.4. The van der Waals surface area contributed by atoms with E-state index in [0.717, 1.165) is 12.8 Å². The topological polar surface area (TPSA) is 100 Å². The third-order valence-electron chi connectivity index (χ3n) is 4.78. The smallest absolute Gasteiger partial charge is 0.241 e. The van der Waals surface area contributed by atoms with E-state index in [-0.39, 0.29) is 5.41 Å². The molecule has 1 heterocycles. The molecule has 1 atom stereocenters. The van der Waals surface area contributed by atoms with Gasteiger partial charge in [0.2, 0.25) is 16.0 Å². The molecule has 1 aliphatic heterocycles. The minimum Gasteiger partial charge on any atom is -0.399 e. The zero-order valence-corrected chi connectivity index (χ0v) is 14.8. The van der Waals surface area contributed by atoms with E-state index in [1.54, 1.807) is 23.2 Å². The number of nitrogens with zero attached hydrogens (tertiary/aromatic N) is 3. The molecule has 2 aliphatic carbocycles. The van der Waals surface area contributed by atoms with Gasteiger partial charge in [-0.2, -0.15) is 5.10 Å². The minimum atomic E-state index is -3.61. The lowest BCUT2D eigenvalue weighted by Crippen LogP contribution is -2.46. The normalized spacial score (nSPS) is 26.2. The summed E-state index contributed by atoms with van der Waals surface area (Å²) in [6.45, 7) is 3.05. The monoisotopic (exact) mass is 351 g/mol. The number of hydrogen-bond donors (Lipinski definition) is 2. The van der Waals surface area contributed by atoms with Crippen LogP contribution in [0.1, 0.15) is 39.0 Å². The van der Waals surface area contributed by atoms with Crippen LogP contribution in [-0.4, -0.2) is 43.9 Å². The van der Waals surface area contributed by atoms with Crippen molar-refractivity contribution in [1.82, 2.24) is 9.73 Å². The Balaban J connectivity index is 1.74. The second kappa shape index (κ2) is 6.58. The summed E-state index contributed by atoms with van der Waals surface area (Å²) < 4.78 is 28.0. The molecule has 0 saturated heterocycles. The molecule has 0 radical (unpaired) electrons. The number of rotatable bonds is 3. The molecule has 1 saturated carbocycles. The quantitative estimate of drug-likeness (QED) is 0.591. The third kappa shape index (κ3) is 3.48. The molecular weight excluding hydrogens is 326 g/mol. The van der Waals surface area contributed by atoms with Gasteiger partial charge in [0.1, 0.15) is 5.25 Å². The average Bonchev–Trinajstić information content (AvgIpc) is 3.17. The summed E-state index contributed by atoms with van der Waals surface area (Å²) in [4.78, 5) is 4.33. The van der Waals surface area contributed by atoms with Gasteiger partial charge < -0.3 is 5.73 Å². The molecule has 1 unspecified atom stereocenters. The van der Waals surface area contributed by atoms with Crippen molar-refractivity contribution in [2.24, 2.45) is 21.2 Å². The number of sulfonamides is 1. The fourth-order valence-corrected chi connectivity index (χ4v) is 4.76. The summed E-state index contributed by atoms with van der Waals surface area (Å²) in [7, 11) is -3.61. The molecule has 0 bridgehead atoms. The van der Waals surface area contributed by atoms with Crippen molar-refractivity contribution in [2.45, 2.75) is 44.3 Å². The summed E-state index contributed by atoms with van der Waals surface area (Å²) in [5.74, 6) is 0.305. The zero-order valence-electron chi connectivity index (χ0n) is 14.0. The van der Waals surface area contributed by atoms with Crippen LogP contribution in [0.5, 0.6) is 0 Å². The van der Waals surface area contributed by atoms with Gasteiger partial charge in [-0.25, -0.2) is 13.4 Å². The molecule has 0 aromatic rings. The van der Waals surface area contributed by atoms with Gasteiger partial charge in [0.05, 0.1) is 6.54 Å². The number of hydrazone groups is 1. The van der Waals surface area contributed by atoms with Crippen LogP contribution < -0.4 is 10.5 Å². The van der Waals surface area contributed by atoms with Crippen LogP contribution in [0.15, 0.2) is 34.0 Å². The summed E-state index contributed by atoms with van der Waals surface area (Å²) in [6.07, 6.45) is 12.0. The van der Waals surface area contributed by atoms with Crippen LogP contribution in [0.25, 0.3) is 0 Å². The highest BCUT2D eigenvalue weighted by atomic mass is 32.2. The van der Waals surface area contributed by atoms with Crippen LogP contribution in [0.3, 0.4) is 0 Å². The number of nitrogens with one attached hydrogen (secondary N) is 1. The Labute approximate surface area is 143 Å². The third-order valence-corrected chi connectivity index (χ3v) is 6.37. The van der Waals surface area contributed by atoms with Gasteiger partial charge in [0, 0.05) is 23.9 Å². The molecule has 132 valence electrons. The predicted octanol–water partition coefficient (Wildman–Crippen LogP) is 1.31. The maximum absolute atomic E-state index is 12.7. The number of nitrogens with two attached hydrogens (primary N) is 1. The Bertz CT molecular complexity index is 702. The first-order valence-electron chi connectivity index (χ1n) is 8.47. The molecule has 0 amide bonds. The van der Waals surface area contributed by atoms with Crippen molar-refractivity contribution in [3.8, 4) is 0 Å². The first-order valence-corrected chi connectivity index (χ1v) is 10.0. The highest BCUT2D eigenvalue weighted by Crippen LogP contribution is 2.40. The van der Waals surface area contributed by atoms with Gasteiger partial charge in [-0.1, -0.05) is 18.9 Å². The largest absolute Gasteiger partial charge is 0.399 e. The lowest BCUT2D eigenvalue weighted by atomic mass is 9.88. The molecular formula is C16H25N5O2S.